The number of urea groups is 1. The number of fused-ring (bicyclic) bond motifs is 1. The minimum absolute atomic E-state index is 0.0779. The van der Waals surface area contributed by atoms with Crippen LogP contribution in [-0.4, -0.2) is 35.3 Å². The fourth-order valence-electron chi connectivity index (χ4n) is 4.20. The van der Waals surface area contributed by atoms with Crippen molar-refractivity contribution in [1.29, 1.82) is 0 Å². The van der Waals surface area contributed by atoms with Crippen LogP contribution in [0.3, 0.4) is 0 Å². The fourth-order valence-corrected chi connectivity index (χ4v) is 4.20. The van der Waals surface area contributed by atoms with Gasteiger partial charge in [0.2, 0.25) is 5.91 Å². The SMILES string of the molecule is Cc1ccc(N2C(=O)N(CC(=O)N[C@H]3CCCc4ccccc43)C(=O)[C@H]2C)cc1. The van der Waals surface area contributed by atoms with Crippen LogP contribution in [0, 0.1) is 6.92 Å². The standard InChI is InChI=1S/C23H25N3O3/c1-15-10-12-18(13-11-15)26-16(2)22(28)25(23(26)29)14-21(27)24-20-9-5-7-17-6-3-4-8-19(17)20/h3-4,6,8,10-13,16,20H,5,7,9,14H2,1-2H3,(H,24,27)/t16-,20+/m1/s1. The largest absolute Gasteiger partial charge is 0.348 e. The number of hydrogen-bond donors (Lipinski definition) is 1. The average Bonchev–Trinajstić information content (AvgIpc) is 2.92. The van der Waals surface area contributed by atoms with E-state index in [0.29, 0.717) is 5.69 Å². The van der Waals surface area contributed by atoms with Crippen molar-refractivity contribution in [2.24, 2.45) is 0 Å². The molecule has 0 radical (unpaired) electrons. The first-order valence-electron chi connectivity index (χ1n) is 10.0. The van der Waals surface area contributed by atoms with Gasteiger partial charge in [-0.15, -0.1) is 0 Å². The molecule has 6 nitrogen and oxygen atoms in total. The molecule has 4 rings (SSSR count). The van der Waals surface area contributed by atoms with Gasteiger partial charge in [0.25, 0.3) is 5.91 Å². The van der Waals surface area contributed by atoms with Crippen molar-refractivity contribution < 1.29 is 14.4 Å². The molecule has 1 aliphatic heterocycles. The van der Waals surface area contributed by atoms with Crippen molar-refractivity contribution in [3.05, 3.63) is 65.2 Å². The monoisotopic (exact) mass is 391 g/mol. The molecule has 0 unspecified atom stereocenters. The van der Waals surface area contributed by atoms with Gasteiger partial charge in [-0.25, -0.2) is 4.79 Å². The number of rotatable bonds is 4. The highest BCUT2D eigenvalue weighted by Crippen LogP contribution is 2.30. The molecule has 1 saturated heterocycles. The Kier molecular flexibility index (Phi) is 5.09. The third-order valence-electron chi connectivity index (χ3n) is 5.77. The van der Waals surface area contributed by atoms with Crippen molar-refractivity contribution in [2.45, 2.75) is 45.2 Å². The molecule has 0 bridgehead atoms. The minimum Gasteiger partial charge on any atom is -0.348 e. The van der Waals surface area contributed by atoms with E-state index in [2.05, 4.69) is 11.4 Å². The highest BCUT2D eigenvalue weighted by Gasteiger charge is 2.44. The number of nitrogens with zero attached hydrogens (tertiary/aromatic N) is 2. The highest BCUT2D eigenvalue weighted by atomic mass is 16.2. The Bertz CT molecular complexity index is 954. The molecule has 150 valence electrons. The van der Waals surface area contributed by atoms with Crippen molar-refractivity contribution in [1.82, 2.24) is 10.2 Å². The van der Waals surface area contributed by atoms with Crippen LogP contribution in [0.4, 0.5) is 10.5 Å². The first-order chi connectivity index (χ1) is 14.0. The van der Waals surface area contributed by atoms with Gasteiger partial charge in [-0.1, -0.05) is 42.0 Å². The third kappa shape index (κ3) is 3.62. The molecule has 2 atom stereocenters. The molecule has 1 fully saturated rings. The molecule has 1 aliphatic carbocycles. The lowest BCUT2D eigenvalue weighted by Crippen LogP contribution is -2.43. The number of imide groups is 1. The summed E-state index contributed by atoms with van der Waals surface area (Å²) >= 11 is 0. The maximum atomic E-state index is 12.9. The summed E-state index contributed by atoms with van der Waals surface area (Å²) in [6.45, 7) is 3.39. The molecule has 2 aliphatic rings. The van der Waals surface area contributed by atoms with Crippen LogP contribution < -0.4 is 10.2 Å². The van der Waals surface area contributed by atoms with Crippen molar-refractivity contribution in [2.75, 3.05) is 11.4 Å². The Hall–Kier alpha value is -3.15. The Morgan fingerprint density at radius 1 is 1.10 bits per heavy atom. The normalized spacial score (nSPS) is 21.3. The van der Waals surface area contributed by atoms with E-state index in [1.54, 1.807) is 6.92 Å². The van der Waals surface area contributed by atoms with Gasteiger partial charge < -0.3 is 5.32 Å². The predicted molar refractivity (Wildman–Crippen MR) is 110 cm³/mol. The van der Waals surface area contributed by atoms with Crippen LogP contribution >= 0.6 is 0 Å². The molecule has 0 spiro atoms. The number of nitrogens with one attached hydrogen (secondary N) is 1. The molecule has 0 saturated carbocycles. The van der Waals surface area contributed by atoms with Crippen LogP contribution in [0.2, 0.25) is 0 Å². The summed E-state index contributed by atoms with van der Waals surface area (Å²) in [4.78, 5) is 40.8. The smallest absolute Gasteiger partial charge is 0.332 e. The van der Waals surface area contributed by atoms with Gasteiger partial charge in [0.05, 0.1) is 6.04 Å². The lowest BCUT2D eigenvalue weighted by Gasteiger charge is -2.27. The van der Waals surface area contributed by atoms with E-state index in [1.807, 2.05) is 49.4 Å². The van der Waals surface area contributed by atoms with E-state index in [4.69, 9.17) is 0 Å². The van der Waals surface area contributed by atoms with Crippen LogP contribution in [0.5, 0.6) is 0 Å². The van der Waals surface area contributed by atoms with Crippen LogP contribution in [-0.2, 0) is 16.0 Å². The molecule has 0 aromatic heterocycles. The quantitative estimate of drug-likeness (QED) is 0.813. The summed E-state index contributed by atoms with van der Waals surface area (Å²) in [6, 6.07) is 14.4. The topological polar surface area (TPSA) is 69.7 Å². The number of anilines is 1. The highest BCUT2D eigenvalue weighted by molar-refractivity contribution is 6.15. The first kappa shape index (κ1) is 19.2. The molecular formula is C23H25N3O3. The zero-order chi connectivity index (χ0) is 20.5. The zero-order valence-corrected chi connectivity index (χ0v) is 16.7. The van der Waals surface area contributed by atoms with Gasteiger partial charge in [0.15, 0.2) is 0 Å². The summed E-state index contributed by atoms with van der Waals surface area (Å²) < 4.78 is 0. The summed E-state index contributed by atoms with van der Waals surface area (Å²) in [5.41, 5.74) is 4.10. The number of benzene rings is 2. The average molecular weight is 391 g/mol. The zero-order valence-electron chi connectivity index (χ0n) is 16.7. The van der Waals surface area contributed by atoms with Gasteiger partial charge >= 0.3 is 6.03 Å². The lowest BCUT2D eigenvalue weighted by atomic mass is 9.88. The summed E-state index contributed by atoms with van der Waals surface area (Å²) in [6.07, 6.45) is 2.87. The van der Waals surface area contributed by atoms with Crippen LogP contribution in [0.15, 0.2) is 48.5 Å². The van der Waals surface area contributed by atoms with E-state index in [0.717, 1.165) is 35.3 Å². The van der Waals surface area contributed by atoms with E-state index in [1.165, 1.54) is 10.5 Å². The Labute approximate surface area is 170 Å². The van der Waals surface area contributed by atoms with Crippen LogP contribution in [0.25, 0.3) is 0 Å². The number of hydrogen-bond acceptors (Lipinski definition) is 3. The van der Waals surface area contributed by atoms with Gasteiger partial charge in [0, 0.05) is 5.69 Å². The Balaban J connectivity index is 1.47. The molecular weight excluding hydrogens is 366 g/mol. The molecule has 29 heavy (non-hydrogen) atoms. The fraction of sp³-hybridized carbons (Fsp3) is 0.348. The summed E-state index contributed by atoms with van der Waals surface area (Å²) in [7, 11) is 0. The van der Waals surface area contributed by atoms with Gasteiger partial charge in [-0.2, -0.15) is 0 Å². The molecule has 2 aromatic rings. The Morgan fingerprint density at radius 3 is 2.59 bits per heavy atom. The second-order valence-electron chi connectivity index (χ2n) is 7.80. The second kappa shape index (κ2) is 7.70. The molecule has 6 heteroatoms. The number of carbonyl (C=O) groups excluding carboxylic acids is 3. The third-order valence-corrected chi connectivity index (χ3v) is 5.77. The van der Waals surface area contributed by atoms with Crippen molar-refractivity contribution >= 4 is 23.5 Å². The number of carbonyl (C=O) groups is 3. The Morgan fingerprint density at radius 2 is 1.83 bits per heavy atom. The molecule has 1 N–H and O–H groups in total. The maximum Gasteiger partial charge on any atom is 0.332 e. The van der Waals surface area contributed by atoms with Crippen molar-refractivity contribution in [3.8, 4) is 0 Å². The van der Waals surface area contributed by atoms with E-state index < -0.39 is 12.1 Å². The summed E-state index contributed by atoms with van der Waals surface area (Å²) in [5.74, 6) is -0.666. The maximum absolute atomic E-state index is 12.9. The first-order valence-corrected chi connectivity index (χ1v) is 10.0. The van der Waals surface area contributed by atoms with E-state index >= 15 is 0 Å². The summed E-state index contributed by atoms with van der Waals surface area (Å²) in [5, 5.41) is 3.02. The van der Waals surface area contributed by atoms with Crippen molar-refractivity contribution in [3.63, 3.8) is 0 Å². The second-order valence-corrected chi connectivity index (χ2v) is 7.80. The molecule has 1 heterocycles. The minimum atomic E-state index is -0.631. The predicted octanol–water partition coefficient (Wildman–Crippen LogP) is 3.35. The molecule has 4 amide bonds. The van der Waals surface area contributed by atoms with Crippen LogP contribution in [0.1, 0.15) is 42.5 Å². The van der Waals surface area contributed by atoms with Gasteiger partial charge in [0.1, 0.15) is 12.6 Å². The lowest BCUT2D eigenvalue weighted by molar-refractivity contribution is -0.132. The van der Waals surface area contributed by atoms with E-state index in [-0.39, 0.29) is 24.4 Å². The van der Waals surface area contributed by atoms with E-state index in [9.17, 15) is 14.4 Å². The number of amides is 4. The van der Waals surface area contributed by atoms with Gasteiger partial charge in [-0.3, -0.25) is 19.4 Å². The van der Waals surface area contributed by atoms with Gasteiger partial charge in [-0.05, 0) is 56.4 Å². The number of aryl methyl sites for hydroxylation is 2. The molecule has 2 aromatic carbocycles.